The van der Waals surface area contributed by atoms with Crippen molar-refractivity contribution in [2.24, 2.45) is 0 Å². The lowest BCUT2D eigenvalue weighted by Gasteiger charge is -2.23. The molecule has 2 aromatic carbocycles. The lowest BCUT2D eigenvalue weighted by molar-refractivity contribution is -0.0624. The van der Waals surface area contributed by atoms with Crippen molar-refractivity contribution >= 4 is 17.7 Å². The van der Waals surface area contributed by atoms with Crippen molar-refractivity contribution in [1.29, 1.82) is 0 Å². The topological polar surface area (TPSA) is 129 Å². The molecule has 2 heterocycles. The van der Waals surface area contributed by atoms with Gasteiger partial charge in [0, 0.05) is 18.9 Å². The molecule has 1 aliphatic heterocycles. The van der Waals surface area contributed by atoms with Crippen molar-refractivity contribution in [3.05, 3.63) is 94.5 Å². The number of benzene rings is 2. The Morgan fingerprint density at radius 3 is 2.26 bits per heavy atom. The van der Waals surface area contributed by atoms with Crippen LogP contribution in [0.5, 0.6) is 0 Å². The first-order chi connectivity index (χ1) is 16.5. The Kier molecular flexibility index (Phi) is 7.12. The van der Waals surface area contributed by atoms with E-state index in [2.05, 4.69) is 10.3 Å². The van der Waals surface area contributed by atoms with Crippen molar-refractivity contribution in [2.75, 3.05) is 19.0 Å². The number of nitrogens with one attached hydrogen (secondary N) is 1. The van der Waals surface area contributed by atoms with Gasteiger partial charge in [0.05, 0.1) is 12.2 Å². The molecule has 1 saturated heterocycles. The highest BCUT2D eigenvalue weighted by Crippen LogP contribution is 2.33. The number of ether oxygens (including phenoxy) is 3. The van der Waals surface area contributed by atoms with Gasteiger partial charge in [-0.1, -0.05) is 36.4 Å². The third-order valence-electron chi connectivity index (χ3n) is 5.37. The van der Waals surface area contributed by atoms with Crippen LogP contribution in [-0.4, -0.2) is 58.6 Å². The molecule has 0 saturated carbocycles. The lowest BCUT2D eigenvalue weighted by Crippen LogP contribution is -2.40. The van der Waals surface area contributed by atoms with Crippen molar-refractivity contribution in [3.63, 3.8) is 0 Å². The highest BCUT2D eigenvalue weighted by molar-refractivity contribution is 6.03. The lowest BCUT2D eigenvalue weighted by atomic mass is 10.1. The van der Waals surface area contributed by atoms with Crippen molar-refractivity contribution in [2.45, 2.75) is 24.5 Å². The molecule has 1 aliphatic rings. The number of carbonyl (C=O) groups is 2. The maximum absolute atomic E-state index is 12.7. The van der Waals surface area contributed by atoms with E-state index >= 15 is 0 Å². The Morgan fingerprint density at radius 2 is 1.68 bits per heavy atom. The number of aromatic nitrogens is 2. The van der Waals surface area contributed by atoms with Crippen molar-refractivity contribution in [3.8, 4) is 0 Å². The molecule has 0 spiro atoms. The first kappa shape index (κ1) is 23.3. The van der Waals surface area contributed by atoms with Crippen LogP contribution in [0.15, 0.2) is 77.7 Å². The number of hydrogen-bond acceptors (Lipinski definition) is 8. The predicted molar refractivity (Wildman–Crippen MR) is 120 cm³/mol. The number of anilines is 1. The van der Waals surface area contributed by atoms with Gasteiger partial charge in [-0.3, -0.25) is 9.36 Å². The summed E-state index contributed by atoms with van der Waals surface area (Å²) in [4.78, 5) is 41.5. The van der Waals surface area contributed by atoms with E-state index in [1.54, 1.807) is 60.7 Å². The van der Waals surface area contributed by atoms with Crippen LogP contribution in [0.3, 0.4) is 0 Å². The normalized spacial score (nSPS) is 21.7. The molecule has 1 amide bonds. The number of nitrogens with zero attached hydrogens (tertiary/aromatic N) is 2. The van der Waals surface area contributed by atoms with Gasteiger partial charge in [0.1, 0.15) is 18.0 Å². The number of aliphatic hydroxyl groups is 1. The number of methoxy groups -OCH3 is 1. The van der Waals surface area contributed by atoms with Crippen LogP contribution < -0.4 is 11.0 Å². The fourth-order valence-electron chi connectivity index (χ4n) is 3.69. The number of amides is 1. The Hall–Kier alpha value is -3.86. The first-order valence-electron chi connectivity index (χ1n) is 10.5. The number of hydrogen-bond donors (Lipinski definition) is 2. The number of esters is 1. The fraction of sp³-hybridized carbons (Fsp3) is 0.250. The zero-order valence-corrected chi connectivity index (χ0v) is 18.2. The summed E-state index contributed by atoms with van der Waals surface area (Å²) in [5.41, 5.74) is 0.0281. The van der Waals surface area contributed by atoms with Crippen LogP contribution in [0.25, 0.3) is 0 Å². The highest BCUT2D eigenvalue weighted by atomic mass is 16.6. The largest absolute Gasteiger partial charge is 0.453 e. The Morgan fingerprint density at radius 1 is 1.03 bits per heavy atom. The van der Waals surface area contributed by atoms with Crippen LogP contribution in [0.2, 0.25) is 0 Å². The van der Waals surface area contributed by atoms with Gasteiger partial charge in [0.15, 0.2) is 12.3 Å². The van der Waals surface area contributed by atoms with Gasteiger partial charge < -0.3 is 24.6 Å². The van der Waals surface area contributed by atoms with E-state index in [1.165, 1.54) is 19.4 Å². The summed E-state index contributed by atoms with van der Waals surface area (Å²) < 4.78 is 18.0. The Balaban J connectivity index is 1.53. The quantitative estimate of drug-likeness (QED) is 0.504. The molecule has 10 nitrogen and oxygen atoms in total. The van der Waals surface area contributed by atoms with Crippen LogP contribution in [0, 0.1) is 0 Å². The molecule has 2 N–H and O–H groups in total. The highest BCUT2D eigenvalue weighted by Gasteiger charge is 2.48. The van der Waals surface area contributed by atoms with Crippen LogP contribution in [0.1, 0.15) is 26.9 Å². The second-order valence-corrected chi connectivity index (χ2v) is 7.51. The number of aliphatic hydroxyl groups excluding tert-OH is 1. The summed E-state index contributed by atoms with van der Waals surface area (Å²) >= 11 is 0. The molecular formula is C24H23N3O7. The summed E-state index contributed by atoms with van der Waals surface area (Å²) in [6.45, 7) is -0.462. The average Bonchev–Trinajstić information content (AvgIpc) is 3.22. The molecule has 1 fully saturated rings. The second-order valence-electron chi connectivity index (χ2n) is 7.51. The van der Waals surface area contributed by atoms with Gasteiger partial charge in [0.2, 0.25) is 0 Å². The third kappa shape index (κ3) is 4.88. The SMILES string of the molecule is CO[C@@H]1[C@H](OC(=O)c2ccccc2)[C@@H](CO)O[C@H]1n1ccc(NC(=O)c2ccccc2)nc1=O. The Bertz CT molecular complexity index is 1200. The zero-order chi connectivity index (χ0) is 24.1. The van der Waals surface area contributed by atoms with Gasteiger partial charge >= 0.3 is 11.7 Å². The third-order valence-corrected chi connectivity index (χ3v) is 5.37. The summed E-state index contributed by atoms with van der Waals surface area (Å²) in [5.74, 6) is -0.960. The van der Waals surface area contributed by atoms with Gasteiger partial charge in [0.25, 0.3) is 5.91 Å². The predicted octanol–water partition coefficient (Wildman–Crippen LogP) is 1.63. The van der Waals surface area contributed by atoms with E-state index < -0.39 is 48.7 Å². The molecule has 0 aliphatic carbocycles. The van der Waals surface area contributed by atoms with E-state index in [0.717, 1.165) is 4.57 Å². The second kappa shape index (κ2) is 10.4. The smallest absolute Gasteiger partial charge is 0.351 e. The van der Waals surface area contributed by atoms with Crippen molar-refractivity contribution < 1.29 is 28.9 Å². The van der Waals surface area contributed by atoms with E-state index in [9.17, 15) is 19.5 Å². The minimum atomic E-state index is -1.02. The summed E-state index contributed by atoms with van der Waals surface area (Å²) in [6.07, 6.45) is -2.42. The molecule has 0 radical (unpaired) electrons. The average molecular weight is 465 g/mol. The van der Waals surface area contributed by atoms with Crippen LogP contribution >= 0.6 is 0 Å². The van der Waals surface area contributed by atoms with Gasteiger partial charge in [-0.25, -0.2) is 9.59 Å². The zero-order valence-electron chi connectivity index (χ0n) is 18.2. The van der Waals surface area contributed by atoms with Crippen LogP contribution in [0.4, 0.5) is 5.82 Å². The summed E-state index contributed by atoms with van der Waals surface area (Å²) in [7, 11) is 1.39. The monoisotopic (exact) mass is 465 g/mol. The van der Waals surface area contributed by atoms with Gasteiger partial charge in [-0.05, 0) is 30.3 Å². The molecule has 34 heavy (non-hydrogen) atoms. The molecular weight excluding hydrogens is 442 g/mol. The molecule has 4 atom stereocenters. The van der Waals surface area contributed by atoms with Gasteiger partial charge in [-0.15, -0.1) is 0 Å². The summed E-state index contributed by atoms with van der Waals surface area (Å²) in [5, 5.41) is 12.4. The number of rotatable bonds is 7. The number of carbonyl (C=O) groups excluding carboxylic acids is 2. The van der Waals surface area contributed by atoms with Crippen molar-refractivity contribution in [1.82, 2.24) is 9.55 Å². The van der Waals surface area contributed by atoms with Gasteiger partial charge in [-0.2, -0.15) is 4.98 Å². The van der Waals surface area contributed by atoms with E-state index in [-0.39, 0.29) is 5.82 Å². The Labute approximate surface area is 194 Å². The minimum absolute atomic E-state index is 0.0628. The van der Waals surface area contributed by atoms with E-state index in [4.69, 9.17) is 14.2 Å². The summed E-state index contributed by atoms with van der Waals surface area (Å²) in [6, 6.07) is 18.3. The standard InChI is InChI=1S/C24H23N3O7/c1-32-20-19(34-23(30)16-10-6-3-7-11-16)17(14-28)33-22(20)27-13-12-18(26-24(27)31)25-21(29)15-8-4-2-5-9-15/h2-13,17,19-20,22,28H,14H2,1H3,(H,25,26,29,31)/t17-,19-,20-,22-/m1/s1. The maximum Gasteiger partial charge on any atom is 0.351 e. The molecule has 176 valence electrons. The molecule has 10 heteroatoms. The molecule has 1 aromatic heterocycles. The minimum Gasteiger partial charge on any atom is -0.453 e. The first-order valence-corrected chi connectivity index (χ1v) is 10.5. The molecule has 3 aromatic rings. The fourth-order valence-corrected chi connectivity index (χ4v) is 3.69. The molecule has 0 bridgehead atoms. The molecule has 0 unspecified atom stereocenters. The van der Waals surface area contributed by atoms with Crippen LogP contribution in [-0.2, 0) is 14.2 Å². The van der Waals surface area contributed by atoms with E-state index in [1.807, 2.05) is 0 Å². The maximum atomic E-state index is 12.7. The van der Waals surface area contributed by atoms with E-state index in [0.29, 0.717) is 11.1 Å². The molecule has 4 rings (SSSR count).